The molecule has 1 aliphatic rings. The van der Waals surface area contributed by atoms with Gasteiger partial charge in [0.1, 0.15) is 11.6 Å². The number of carbonyl (C=O) groups excluding carboxylic acids is 3. The van der Waals surface area contributed by atoms with E-state index < -0.39 is 23.5 Å². The van der Waals surface area contributed by atoms with Crippen LogP contribution in [0.3, 0.4) is 0 Å². The average molecular weight is 380 g/mol. The number of amides is 1. The standard InChI is InChI=1S/C19H28N2O6/c1-10-11(2)16(23)13(12(3)15(10)22)7-8-19(4,27)18(26)21-14(17(24)25)6-5-9-20/h14,27H,5-9,20H2,1-4H3,(H,21,26)(H,24,25)/t14-,19?/m1/s1. The molecule has 0 heterocycles. The van der Waals surface area contributed by atoms with Gasteiger partial charge in [0.15, 0.2) is 11.6 Å². The van der Waals surface area contributed by atoms with Crippen LogP contribution in [0.25, 0.3) is 0 Å². The Kier molecular flexibility index (Phi) is 7.62. The first-order valence-corrected chi connectivity index (χ1v) is 8.86. The van der Waals surface area contributed by atoms with Gasteiger partial charge >= 0.3 is 5.97 Å². The van der Waals surface area contributed by atoms with Gasteiger partial charge in [0.25, 0.3) is 5.91 Å². The number of hydrogen-bond donors (Lipinski definition) is 4. The third-order valence-corrected chi connectivity index (χ3v) is 4.96. The summed E-state index contributed by atoms with van der Waals surface area (Å²) < 4.78 is 0. The van der Waals surface area contributed by atoms with Gasteiger partial charge in [-0.15, -0.1) is 0 Å². The lowest BCUT2D eigenvalue weighted by Gasteiger charge is -2.26. The SMILES string of the molecule is CC1=C(C)C(=O)C(CCC(C)(O)C(=O)N[C@H](CCCN)C(=O)O)=C(C)C1=O. The second kappa shape index (κ2) is 9.05. The normalized spacial score (nSPS) is 18.4. The number of carbonyl (C=O) groups is 4. The maximum absolute atomic E-state index is 12.4. The Morgan fingerprint density at radius 1 is 1.11 bits per heavy atom. The van der Waals surface area contributed by atoms with Crippen LogP contribution >= 0.6 is 0 Å². The van der Waals surface area contributed by atoms with Crippen LogP contribution in [0.2, 0.25) is 0 Å². The molecule has 0 bridgehead atoms. The van der Waals surface area contributed by atoms with Crippen LogP contribution < -0.4 is 11.1 Å². The molecule has 0 spiro atoms. The Balaban J connectivity index is 2.85. The van der Waals surface area contributed by atoms with Crippen LogP contribution in [0.1, 0.15) is 53.4 Å². The van der Waals surface area contributed by atoms with Crippen molar-refractivity contribution in [1.82, 2.24) is 5.32 Å². The molecule has 1 rings (SSSR count). The van der Waals surface area contributed by atoms with Crippen LogP contribution in [0.5, 0.6) is 0 Å². The zero-order valence-corrected chi connectivity index (χ0v) is 16.2. The van der Waals surface area contributed by atoms with Gasteiger partial charge < -0.3 is 21.3 Å². The minimum absolute atomic E-state index is 0.0297. The third-order valence-electron chi connectivity index (χ3n) is 4.96. The highest BCUT2D eigenvalue weighted by atomic mass is 16.4. The fraction of sp³-hybridized carbons (Fsp3) is 0.579. The number of aliphatic hydroxyl groups is 1. The smallest absolute Gasteiger partial charge is 0.326 e. The van der Waals surface area contributed by atoms with Crippen molar-refractivity contribution in [2.75, 3.05) is 6.54 Å². The Hall–Kier alpha value is -2.32. The van der Waals surface area contributed by atoms with Gasteiger partial charge in [-0.1, -0.05) is 0 Å². The van der Waals surface area contributed by atoms with E-state index in [0.717, 1.165) is 0 Å². The zero-order valence-electron chi connectivity index (χ0n) is 16.2. The zero-order chi connectivity index (χ0) is 20.9. The summed E-state index contributed by atoms with van der Waals surface area (Å²) >= 11 is 0. The second-order valence-corrected chi connectivity index (χ2v) is 7.08. The quantitative estimate of drug-likeness (QED) is 0.429. The summed E-state index contributed by atoms with van der Waals surface area (Å²) in [5, 5.41) is 21.9. The van der Waals surface area contributed by atoms with Crippen molar-refractivity contribution in [3.63, 3.8) is 0 Å². The van der Waals surface area contributed by atoms with E-state index in [9.17, 15) is 24.3 Å². The molecule has 0 saturated carbocycles. The molecule has 0 aliphatic heterocycles. The highest BCUT2D eigenvalue weighted by molar-refractivity contribution is 6.24. The summed E-state index contributed by atoms with van der Waals surface area (Å²) in [7, 11) is 0. The van der Waals surface area contributed by atoms with Crippen molar-refractivity contribution >= 4 is 23.4 Å². The number of nitrogens with one attached hydrogen (secondary N) is 1. The number of rotatable bonds is 9. The molecule has 0 aromatic rings. The topological polar surface area (TPSA) is 147 Å². The average Bonchev–Trinajstić information content (AvgIpc) is 2.61. The molecule has 0 saturated heterocycles. The summed E-state index contributed by atoms with van der Waals surface area (Å²) in [4.78, 5) is 48.2. The number of nitrogens with two attached hydrogens (primary N) is 1. The molecule has 0 aromatic heterocycles. The van der Waals surface area contributed by atoms with E-state index in [1.807, 2.05) is 0 Å². The van der Waals surface area contributed by atoms with Crippen molar-refractivity contribution in [1.29, 1.82) is 0 Å². The van der Waals surface area contributed by atoms with E-state index in [2.05, 4.69) is 5.32 Å². The van der Waals surface area contributed by atoms with E-state index in [4.69, 9.17) is 10.8 Å². The molecule has 27 heavy (non-hydrogen) atoms. The van der Waals surface area contributed by atoms with Gasteiger partial charge in [-0.25, -0.2) is 4.79 Å². The molecule has 1 unspecified atom stereocenters. The molecule has 2 atom stereocenters. The lowest BCUT2D eigenvalue weighted by molar-refractivity contribution is -0.147. The lowest BCUT2D eigenvalue weighted by Crippen LogP contribution is -2.51. The van der Waals surface area contributed by atoms with Gasteiger partial charge in [0.2, 0.25) is 0 Å². The number of Topliss-reactive ketones (excluding diaryl/α,β-unsaturated/α-hetero) is 2. The van der Waals surface area contributed by atoms with Gasteiger partial charge in [0.05, 0.1) is 0 Å². The second-order valence-electron chi connectivity index (χ2n) is 7.08. The fourth-order valence-corrected chi connectivity index (χ4v) is 2.83. The van der Waals surface area contributed by atoms with Gasteiger partial charge in [0, 0.05) is 22.3 Å². The van der Waals surface area contributed by atoms with Crippen molar-refractivity contribution < 1.29 is 29.4 Å². The number of allylic oxidation sites excluding steroid dienone is 4. The Morgan fingerprint density at radius 2 is 1.67 bits per heavy atom. The summed E-state index contributed by atoms with van der Waals surface area (Å²) in [6.45, 7) is 6.25. The highest BCUT2D eigenvalue weighted by Gasteiger charge is 2.35. The maximum atomic E-state index is 12.4. The lowest BCUT2D eigenvalue weighted by atomic mass is 9.82. The molecule has 0 radical (unpaired) electrons. The first kappa shape index (κ1) is 22.7. The first-order valence-electron chi connectivity index (χ1n) is 8.86. The van der Waals surface area contributed by atoms with Gasteiger partial charge in [-0.3, -0.25) is 14.4 Å². The van der Waals surface area contributed by atoms with Crippen LogP contribution in [0, 0.1) is 0 Å². The van der Waals surface area contributed by atoms with Crippen molar-refractivity contribution in [2.24, 2.45) is 5.73 Å². The number of carboxylic acid groups (broad SMARTS) is 1. The highest BCUT2D eigenvalue weighted by Crippen LogP contribution is 2.29. The monoisotopic (exact) mass is 380 g/mol. The van der Waals surface area contributed by atoms with Crippen molar-refractivity contribution in [2.45, 2.75) is 65.0 Å². The predicted molar refractivity (Wildman–Crippen MR) is 98.8 cm³/mol. The largest absolute Gasteiger partial charge is 0.480 e. The Labute approximate surface area is 158 Å². The Bertz CT molecular complexity index is 718. The molecule has 5 N–H and O–H groups in total. The number of carboxylic acids is 1. The Morgan fingerprint density at radius 3 is 2.19 bits per heavy atom. The predicted octanol–water partition coefficient (Wildman–Crippen LogP) is 0.631. The van der Waals surface area contributed by atoms with Crippen molar-refractivity contribution in [3.8, 4) is 0 Å². The molecule has 8 heteroatoms. The summed E-state index contributed by atoms with van der Waals surface area (Å²) in [6, 6.07) is -1.15. The van der Waals surface area contributed by atoms with Crippen LogP contribution in [-0.2, 0) is 19.2 Å². The number of aliphatic carboxylic acids is 1. The molecule has 0 fully saturated rings. The fourth-order valence-electron chi connectivity index (χ4n) is 2.83. The van der Waals surface area contributed by atoms with Gasteiger partial charge in [-0.05, 0) is 59.9 Å². The van der Waals surface area contributed by atoms with Gasteiger partial charge in [-0.2, -0.15) is 0 Å². The molecule has 150 valence electrons. The van der Waals surface area contributed by atoms with Crippen LogP contribution in [0.15, 0.2) is 22.3 Å². The summed E-state index contributed by atoms with van der Waals surface area (Å²) in [5.74, 6) is -2.55. The molecule has 8 nitrogen and oxygen atoms in total. The van der Waals surface area contributed by atoms with Crippen molar-refractivity contribution in [3.05, 3.63) is 22.3 Å². The third kappa shape index (κ3) is 5.33. The first-order chi connectivity index (χ1) is 12.4. The summed E-state index contributed by atoms with van der Waals surface area (Å²) in [6.07, 6.45) is 0.462. The van der Waals surface area contributed by atoms with E-state index in [0.29, 0.717) is 23.1 Å². The van der Waals surface area contributed by atoms with Crippen LogP contribution in [0.4, 0.5) is 0 Å². The molecule has 0 aromatic carbocycles. The van der Waals surface area contributed by atoms with E-state index in [1.54, 1.807) is 20.8 Å². The maximum Gasteiger partial charge on any atom is 0.326 e. The number of ketones is 2. The van der Waals surface area contributed by atoms with E-state index in [-0.39, 0.29) is 42.9 Å². The number of hydrogen-bond acceptors (Lipinski definition) is 6. The molecule has 1 aliphatic carbocycles. The van der Waals surface area contributed by atoms with E-state index in [1.165, 1.54) is 6.92 Å². The minimum atomic E-state index is -1.89. The molecular weight excluding hydrogens is 352 g/mol. The van der Waals surface area contributed by atoms with E-state index >= 15 is 0 Å². The van der Waals surface area contributed by atoms with Crippen LogP contribution in [-0.4, -0.2) is 51.8 Å². The molecule has 1 amide bonds. The minimum Gasteiger partial charge on any atom is -0.480 e. The molecular formula is C19H28N2O6. The summed E-state index contributed by atoms with van der Waals surface area (Å²) in [5.41, 5.74) is 4.81.